The van der Waals surface area contributed by atoms with Gasteiger partial charge in [0.2, 0.25) is 0 Å². The van der Waals surface area contributed by atoms with Crippen LogP contribution >= 0.6 is 0 Å². The maximum atomic E-state index is 7.04. The first kappa shape index (κ1) is 1.78. The number of aromatic nitrogens is 2. The van der Waals surface area contributed by atoms with E-state index in [-0.39, 0.29) is 12.3 Å². The van der Waals surface area contributed by atoms with Gasteiger partial charge in [0.15, 0.2) is 0 Å². The SMILES string of the molecule is [2H]c1ncn(C)c1[2H]. The van der Waals surface area contributed by atoms with Crippen molar-refractivity contribution in [2.45, 2.75) is 0 Å². The second-order valence-electron chi connectivity index (χ2n) is 1.08. The molecule has 0 aliphatic carbocycles. The van der Waals surface area contributed by atoms with E-state index in [0.29, 0.717) is 0 Å². The molecule has 2 heteroatoms. The fourth-order valence-electron chi connectivity index (χ4n) is 0.252. The molecule has 0 saturated carbocycles. The molecular formula is C4H6N2. The molecule has 0 aliphatic heterocycles. The Bertz CT molecular complexity index is 174. The predicted octanol–water partition coefficient (Wildman–Crippen LogP) is 0.420. The van der Waals surface area contributed by atoms with Crippen LogP contribution in [0.25, 0.3) is 0 Å². The standard InChI is InChI=1S/C4H6N2/c1-6-3-2-5-4-6/h2-4H,1H3/i2D,3D. The van der Waals surface area contributed by atoms with E-state index >= 15 is 0 Å². The van der Waals surface area contributed by atoms with Gasteiger partial charge in [-0.05, 0) is 0 Å². The molecular weight excluding hydrogens is 76.1 g/mol. The van der Waals surface area contributed by atoms with Crippen LogP contribution in [-0.4, -0.2) is 9.55 Å². The molecule has 0 aliphatic rings. The number of imidazole rings is 1. The van der Waals surface area contributed by atoms with Crippen molar-refractivity contribution >= 4 is 0 Å². The van der Waals surface area contributed by atoms with Gasteiger partial charge in [0.1, 0.15) is 0 Å². The largest absolute Gasteiger partial charge is 0.341 e. The van der Waals surface area contributed by atoms with Crippen LogP contribution in [0.4, 0.5) is 0 Å². The summed E-state index contributed by atoms with van der Waals surface area (Å²) in [6.45, 7) is 0. The Kier molecular flexibility index (Phi) is 0.333. The fraction of sp³-hybridized carbons (Fsp3) is 0.250. The number of aryl methyl sites for hydroxylation is 1. The van der Waals surface area contributed by atoms with Gasteiger partial charge < -0.3 is 4.57 Å². The van der Waals surface area contributed by atoms with E-state index in [9.17, 15) is 0 Å². The topological polar surface area (TPSA) is 17.8 Å². The van der Waals surface area contributed by atoms with Gasteiger partial charge in [-0.1, -0.05) is 0 Å². The van der Waals surface area contributed by atoms with Crippen molar-refractivity contribution in [3.8, 4) is 0 Å². The van der Waals surface area contributed by atoms with Crippen LogP contribution in [0.5, 0.6) is 0 Å². The van der Waals surface area contributed by atoms with Crippen LogP contribution in [0, 0.1) is 0 Å². The van der Waals surface area contributed by atoms with Crippen molar-refractivity contribution in [1.82, 2.24) is 9.55 Å². The van der Waals surface area contributed by atoms with E-state index < -0.39 is 0 Å². The molecule has 2 nitrogen and oxygen atoms in total. The Morgan fingerprint density at radius 1 is 2.00 bits per heavy atom. The first-order chi connectivity index (χ1) is 3.72. The van der Waals surface area contributed by atoms with Crippen LogP contribution in [0.3, 0.4) is 0 Å². The first-order valence-electron chi connectivity index (χ1n) is 2.66. The summed E-state index contributed by atoms with van der Waals surface area (Å²) in [6.07, 6.45) is 1.64. The van der Waals surface area contributed by atoms with Crippen molar-refractivity contribution < 1.29 is 2.74 Å². The molecule has 0 unspecified atom stereocenters. The van der Waals surface area contributed by atoms with Crippen molar-refractivity contribution in [2.24, 2.45) is 7.05 Å². The summed E-state index contributed by atoms with van der Waals surface area (Å²) in [5.74, 6) is 0. The molecule has 0 bridgehead atoms. The number of hydrogen-bond donors (Lipinski definition) is 0. The quantitative estimate of drug-likeness (QED) is 0.445. The third-order valence-corrected chi connectivity index (χ3v) is 0.522. The molecule has 1 aromatic rings. The minimum absolute atomic E-state index is 0.0347. The highest BCUT2D eigenvalue weighted by Crippen LogP contribution is 1.73. The maximum absolute atomic E-state index is 7.04. The Morgan fingerprint density at radius 3 is 3.00 bits per heavy atom. The molecule has 0 radical (unpaired) electrons. The molecule has 0 spiro atoms. The van der Waals surface area contributed by atoms with Gasteiger partial charge in [0, 0.05) is 19.4 Å². The van der Waals surface area contributed by atoms with Crippen molar-refractivity contribution in [1.29, 1.82) is 0 Å². The van der Waals surface area contributed by atoms with E-state index in [0.717, 1.165) is 0 Å². The first-order valence-corrected chi connectivity index (χ1v) is 1.66. The van der Waals surface area contributed by atoms with E-state index in [4.69, 9.17) is 2.74 Å². The lowest BCUT2D eigenvalue weighted by molar-refractivity contribution is 0.913. The monoisotopic (exact) mass is 84.1 g/mol. The highest BCUT2D eigenvalue weighted by Gasteiger charge is 1.69. The molecule has 1 aromatic heterocycles. The van der Waals surface area contributed by atoms with E-state index in [2.05, 4.69) is 4.98 Å². The second kappa shape index (κ2) is 1.12. The van der Waals surface area contributed by atoms with Crippen LogP contribution in [0.2, 0.25) is 0 Å². The summed E-state index contributed by atoms with van der Waals surface area (Å²) in [6, 6.07) is 0. The predicted molar refractivity (Wildman–Crippen MR) is 23.2 cm³/mol. The maximum Gasteiger partial charge on any atom is 0.0943 e. The van der Waals surface area contributed by atoms with Gasteiger partial charge in [0.05, 0.1) is 9.07 Å². The molecule has 0 atom stereocenters. The summed E-state index contributed by atoms with van der Waals surface area (Å²) in [5.41, 5.74) is 0. The molecule has 32 valence electrons. The smallest absolute Gasteiger partial charge is 0.0943 e. The summed E-state index contributed by atoms with van der Waals surface area (Å²) in [5, 5.41) is 0. The van der Waals surface area contributed by atoms with E-state index in [1.165, 1.54) is 10.9 Å². The fourth-order valence-corrected chi connectivity index (χ4v) is 0.252. The van der Waals surface area contributed by atoms with E-state index in [1.807, 2.05) is 0 Å². The summed E-state index contributed by atoms with van der Waals surface area (Å²) < 4.78 is 15.4. The Hall–Kier alpha value is -0.790. The van der Waals surface area contributed by atoms with E-state index in [1.54, 1.807) is 7.05 Å². The molecule has 0 saturated heterocycles. The summed E-state index contributed by atoms with van der Waals surface area (Å²) in [7, 11) is 1.69. The van der Waals surface area contributed by atoms with Gasteiger partial charge in [-0.3, -0.25) is 0 Å². The molecule has 0 amide bonds. The Morgan fingerprint density at radius 2 is 2.83 bits per heavy atom. The Balaban J connectivity index is 3.19. The molecule has 0 fully saturated rings. The van der Waals surface area contributed by atoms with Crippen LogP contribution in [0.1, 0.15) is 2.74 Å². The lowest BCUT2D eigenvalue weighted by Gasteiger charge is -1.76. The summed E-state index contributed by atoms with van der Waals surface area (Å²) in [4.78, 5) is 3.56. The zero-order chi connectivity index (χ0) is 6.15. The van der Waals surface area contributed by atoms with Crippen molar-refractivity contribution in [2.75, 3.05) is 0 Å². The molecule has 1 heterocycles. The van der Waals surface area contributed by atoms with Crippen molar-refractivity contribution in [3.05, 3.63) is 18.7 Å². The van der Waals surface area contributed by atoms with Gasteiger partial charge in [0.25, 0.3) is 0 Å². The van der Waals surface area contributed by atoms with Gasteiger partial charge in [-0.15, -0.1) is 0 Å². The number of rotatable bonds is 0. The van der Waals surface area contributed by atoms with Crippen LogP contribution in [-0.2, 0) is 7.05 Å². The average molecular weight is 84.1 g/mol. The molecule has 1 rings (SSSR count). The van der Waals surface area contributed by atoms with Gasteiger partial charge >= 0.3 is 0 Å². The highest BCUT2D eigenvalue weighted by atomic mass is 15.0. The normalized spacial score (nSPS) is 13.5. The number of hydrogen-bond acceptors (Lipinski definition) is 1. The second-order valence-corrected chi connectivity index (χ2v) is 1.08. The van der Waals surface area contributed by atoms with Gasteiger partial charge in [-0.25, -0.2) is 4.98 Å². The zero-order valence-corrected chi connectivity index (χ0v) is 3.47. The minimum Gasteiger partial charge on any atom is -0.341 e. The minimum atomic E-state index is 0.0347. The third-order valence-electron chi connectivity index (χ3n) is 0.522. The zero-order valence-electron chi connectivity index (χ0n) is 5.47. The molecule has 6 heavy (non-hydrogen) atoms. The highest BCUT2D eigenvalue weighted by molar-refractivity contribution is 4.70. The Labute approximate surface area is 39.2 Å². The van der Waals surface area contributed by atoms with Crippen LogP contribution < -0.4 is 0 Å². The van der Waals surface area contributed by atoms with Crippen LogP contribution in [0.15, 0.2) is 18.7 Å². The van der Waals surface area contributed by atoms with Crippen molar-refractivity contribution in [3.63, 3.8) is 0 Å². The average Bonchev–Trinajstić information content (AvgIpc) is 1.98. The lowest BCUT2D eigenvalue weighted by atomic mass is 10.9. The molecule has 0 N–H and O–H groups in total. The third kappa shape index (κ3) is 0.407. The molecule has 0 aromatic carbocycles. The number of nitrogens with zero attached hydrogens (tertiary/aromatic N) is 2. The summed E-state index contributed by atoms with van der Waals surface area (Å²) >= 11 is 0. The lowest BCUT2D eigenvalue weighted by Crippen LogP contribution is -1.76. The van der Waals surface area contributed by atoms with Gasteiger partial charge in [-0.2, -0.15) is 0 Å².